The highest BCUT2D eigenvalue weighted by molar-refractivity contribution is 7.88. The van der Waals surface area contributed by atoms with Gasteiger partial charge in [0.2, 0.25) is 10.0 Å². The lowest BCUT2D eigenvalue weighted by atomic mass is 10.1. The Kier molecular flexibility index (Phi) is 4.27. The number of β-amino-alcohol motifs (C(OH)–C–C–N with tert-alkyl or cyclic N) is 1. The van der Waals surface area contributed by atoms with Crippen molar-refractivity contribution in [3.63, 3.8) is 0 Å². The average molecular weight is 290 g/mol. The van der Waals surface area contributed by atoms with Crippen LogP contribution in [0.5, 0.6) is 0 Å². The van der Waals surface area contributed by atoms with Gasteiger partial charge in [0.15, 0.2) is 0 Å². The van der Waals surface area contributed by atoms with E-state index in [9.17, 15) is 13.5 Å². The number of piperidine rings is 1. The van der Waals surface area contributed by atoms with E-state index < -0.39 is 16.1 Å². The second-order valence-electron chi connectivity index (χ2n) is 4.54. The molecule has 1 N–H and O–H groups in total. The van der Waals surface area contributed by atoms with Gasteiger partial charge in [-0.1, -0.05) is 23.7 Å². The van der Waals surface area contributed by atoms with Crippen LogP contribution in [-0.2, 0) is 15.8 Å². The first-order valence-corrected chi connectivity index (χ1v) is 7.86. The van der Waals surface area contributed by atoms with E-state index in [4.69, 9.17) is 11.6 Å². The lowest BCUT2D eigenvalue weighted by molar-refractivity contribution is 0.108. The van der Waals surface area contributed by atoms with Gasteiger partial charge >= 0.3 is 0 Å². The molecule has 1 fully saturated rings. The normalized spacial score (nSPS) is 22.0. The van der Waals surface area contributed by atoms with Crippen molar-refractivity contribution < 1.29 is 13.5 Å². The third-order valence-corrected chi connectivity index (χ3v) is 5.08. The van der Waals surface area contributed by atoms with Crippen LogP contribution in [0, 0.1) is 0 Å². The maximum atomic E-state index is 12.2. The Morgan fingerprint density at radius 2 is 2.00 bits per heavy atom. The molecule has 0 radical (unpaired) electrons. The van der Waals surface area contributed by atoms with E-state index in [2.05, 4.69) is 0 Å². The van der Waals surface area contributed by atoms with Gasteiger partial charge in [0.1, 0.15) is 0 Å². The third kappa shape index (κ3) is 3.45. The first kappa shape index (κ1) is 13.8. The summed E-state index contributed by atoms with van der Waals surface area (Å²) in [6.45, 7) is 0.697. The Morgan fingerprint density at radius 3 is 2.61 bits per heavy atom. The zero-order valence-electron chi connectivity index (χ0n) is 9.92. The van der Waals surface area contributed by atoms with Crippen molar-refractivity contribution in [2.75, 3.05) is 13.1 Å². The van der Waals surface area contributed by atoms with E-state index in [1.807, 2.05) is 0 Å². The van der Waals surface area contributed by atoms with Crippen molar-refractivity contribution in [2.45, 2.75) is 24.7 Å². The van der Waals surface area contributed by atoms with Gasteiger partial charge < -0.3 is 5.11 Å². The molecule has 1 aromatic rings. The minimum Gasteiger partial charge on any atom is -0.392 e. The summed E-state index contributed by atoms with van der Waals surface area (Å²) in [7, 11) is -3.35. The average Bonchev–Trinajstić information content (AvgIpc) is 2.32. The predicted octanol–water partition coefficient (Wildman–Crippen LogP) is 1.63. The Balaban J connectivity index is 2.09. The van der Waals surface area contributed by atoms with Crippen LogP contribution < -0.4 is 0 Å². The lowest BCUT2D eigenvalue weighted by Crippen LogP contribution is -2.42. The van der Waals surface area contributed by atoms with E-state index >= 15 is 0 Å². The van der Waals surface area contributed by atoms with E-state index in [0.29, 0.717) is 30.0 Å². The van der Waals surface area contributed by atoms with Crippen molar-refractivity contribution in [2.24, 2.45) is 0 Å². The Morgan fingerprint density at radius 1 is 1.33 bits per heavy atom. The molecule has 4 nitrogen and oxygen atoms in total. The molecule has 2 rings (SSSR count). The fourth-order valence-corrected chi connectivity index (χ4v) is 3.78. The first-order chi connectivity index (χ1) is 8.47. The van der Waals surface area contributed by atoms with E-state index in [1.54, 1.807) is 24.3 Å². The van der Waals surface area contributed by atoms with E-state index in [0.717, 1.165) is 0 Å². The summed E-state index contributed by atoms with van der Waals surface area (Å²) in [6, 6.07) is 6.77. The molecule has 1 aliphatic heterocycles. The number of aliphatic hydroxyl groups excluding tert-OH is 1. The standard InChI is InChI=1S/C12H16ClNO3S/c13-11-5-3-10(4-6-11)9-18(16,17)14-7-1-2-12(15)8-14/h3-6,12,15H,1-2,7-9H2. The van der Waals surface area contributed by atoms with E-state index in [-0.39, 0.29) is 12.3 Å². The minimum absolute atomic E-state index is 0.0448. The fourth-order valence-electron chi connectivity index (χ4n) is 2.06. The van der Waals surface area contributed by atoms with Crippen LogP contribution in [0.3, 0.4) is 0 Å². The summed E-state index contributed by atoms with van der Waals surface area (Å²) >= 11 is 5.76. The molecule has 0 aromatic heterocycles. The van der Waals surface area contributed by atoms with Crippen molar-refractivity contribution >= 4 is 21.6 Å². The van der Waals surface area contributed by atoms with Crippen LogP contribution in [0.4, 0.5) is 0 Å². The van der Waals surface area contributed by atoms with Crippen LogP contribution >= 0.6 is 11.6 Å². The number of hydrogen-bond acceptors (Lipinski definition) is 3. The van der Waals surface area contributed by atoms with Gasteiger partial charge in [0.25, 0.3) is 0 Å². The zero-order valence-corrected chi connectivity index (χ0v) is 11.5. The minimum atomic E-state index is -3.35. The van der Waals surface area contributed by atoms with Crippen LogP contribution in [0.15, 0.2) is 24.3 Å². The Bertz CT molecular complexity index is 501. The smallest absolute Gasteiger partial charge is 0.218 e. The number of aliphatic hydroxyl groups is 1. The van der Waals surface area contributed by atoms with Gasteiger partial charge in [-0.3, -0.25) is 0 Å². The molecule has 18 heavy (non-hydrogen) atoms. The molecular weight excluding hydrogens is 274 g/mol. The molecule has 1 saturated heterocycles. The molecule has 0 amide bonds. The molecule has 1 atom stereocenters. The molecule has 1 aromatic carbocycles. The number of hydrogen-bond donors (Lipinski definition) is 1. The second kappa shape index (κ2) is 5.57. The first-order valence-electron chi connectivity index (χ1n) is 5.88. The maximum absolute atomic E-state index is 12.2. The highest BCUT2D eigenvalue weighted by Gasteiger charge is 2.27. The van der Waals surface area contributed by atoms with Gasteiger partial charge in [-0.05, 0) is 30.5 Å². The SMILES string of the molecule is O=S(=O)(Cc1ccc(Cl)cc1)N1CCCC(O)C1. The quantitative estimate of drug-likeness (QED) is 0.920. The third-order valence-electron chi connectivity index (χ3n) is 3.01. The molecule has 6 heteroatoms. The summed E-state index contributed by atoms with van der Waals surface area (Å²) in [5.74, 6) is -0.0448. The Hall–Kier alpha value is -0.620. The highest BCUT2D eigenvalue weighted by atomic mass is 35.5. The van der Waals surface area contributed by atoms with Crippen molar-refractivity contribution in [1.29, 1.82) is 0 Å². The molecule has 0 spiro atoms. The topological polar surface area (TPSA) is 57.6 Å². The monoisotopic (exact) mass is 289 g/mol. The van der Waals surface area contributed by atoms with E-state index in [1.165, 1.54) is 4.31 Å². The number of nitrogens with zero attached hydrogens (tertiary/aromatic N) is 1. The number of rotatable bonds is 3. The number of benzene rings is 1. The summed E-state index contributed by atoms with van der Waals surface area (Å²) in [5.41, 5.74) is 0.708. The molecule has 100 valence electrons. The second-order valence-corrected chi connectivity index (χ2v) is 6.94. The fraction of sp³-hybridized carbons (Fsp3) is 0.500. The Labute approximate surface area is 112 Å². The van der Waals surface area contributed by atoms with Gasteiger partial charge in [-0.2, -0.15) is 4.31 Å². The van der Waals surface area contributed by atoms with Gasteiger partial charge in [-0.15, -0.1) is 0 Å². The molecule has 1 unspecified atom stereocenters. The predicted molar refractivity (Wildman–Crippen MR) is 70.9 cm³/mol. The van der Waals surface area contributed by atoms with Crippen molar-refractivity contribution in [1.82, 2.24) is 4.31 Å². The number of halogens is 1. The molecular formula is C12H16ClNO3S. The lowest BCUT2D eigenvalue weighted by Gasteiger charge is -2.29. The van der Waals surface area contributed by atoms with Gasteiger partial charge in [0, 0.05) is 18.1 Å². The summed E-state index contributed by atoms with van der Waals surface area (Å²) in [6.07, 6.45) is 0.840. The molecule has 0 aliphatic carbocycles. The van der Waals surface area contributed by atoms with Crippen LogP contribution in [0.25, 0.3) is 0 Å². The molecule has 1 aliphatic rings. The van der Waals surface area contributed by atoms with Crippen LogP contribution in [0.2, 0.25) is 5.02 Å². The van der Waals surface area contributed by atoms with Gasteiger partial charge in [0.05, 0.1) is 11.9 Å². The molecule has 0 bridgehead atoms. The van der Waals surface area contributed by atoms with Crippen molar-refractivity contribution in [3.05, 3.63) is 34.9 Å². The molecule has 0 saturated carbocycles. The van der Waals surface area contributed by atoms with Crippen LogP contribution in [-0.4, -0.2) is 37.0 Å². The van der Waals surface area contributed by atoms with Crippen molar-refractivity contribution in [3.8, 4) is 0 Å². The van der Waals surface area contributed by atoms with Gasteiger partial charge in [-0.25, -0.2) is 8.42 Å². The number of sulfonamides is 1. The maximum Gasteiger partial charge on any atom is 0.218 e. The summed E-state index contributed by atoms with van der Waals surface area (Å²) < 4.78 is 25.7. The largest absolute Gasteiger partial charge is 0.392 e. The van der Waals surface area contributed by atoms with Crippen LogP contribution in [0.1, 0.15) is 18.4 Å². The zero-order chi connectivity index (χ0) is 13.2. The molecule has 1 heterocycles. The highest BCUT2D eigenvalue weighted by Crippen LogP contribution is 2.18. The summed E-state index contributed by atoms with van der Waals surface area (Å²) in [4.78, 5) is 0. The summed E-state index contributed by atoms with van der Waals surface area (Å²) in [5, 5.41) is 10.1.